The van der Waals surface area contributed by atoms with Crippen molar-refractivity contribution in [2.24, 2.45) is 0 Å². The summed E-state index contributed by atoms with van der Waals surface area (Å²) in [5, 5.41) is 12.6. The van der Waals surface area contributed by atoms with E-state index in [1.807, 2.05) is 11.8 Å². The van der Waals surface area contributed by atoms with Gasteiger partial charge in [-0.3, -0.25) is 25.1 Å². The second kappa shape index (κ2) is 10.1. The number of hydrazine groups is 1. The van der Waals surface area contributed by atoms with Crippen LogP contribution >= 0.6 is 35.6 Å². The molecule has 2 aliphatic rings. The Balaban J connectivity index is 1.62. The maximum Gasteiger partial charge on any atom is 0.285 e. The van der Waals surface area contributed by atoms with Crippen molar-refractivity contribution in [3.05, 3.63) is 73.1 Å². The number of halogens is 1. The van der Waals surface area contributed by atoms with Gasteiger partial charge in [0, 0.05) is 36.5 Å². The number of non-ortho nitro benzene ring substituents is 1. The lowest BCUT2D eigenvalue weighted by atomic mass is 10.1. The lowest BCUT2D eigenvalue weighted by Crippen LogP contribution is -2.44. The Hall–Kier alpha value is -2.99. The molecule has 34 heavy (non-hydrogen) atoms. The molecule has 2 aliphatic heterocycles. The van der Waals surface area contributed by atoms with E-state index in [9.17, 15) is 19.7 Å². The summed E-state index contributed by atoms with van der Waals surface area (Å²) < 4.78 is 5.52. The van der Waals surface area contributed by atoms with Crippen molar-refractivity contribution in [2.45, 2.75) is 6.92 Å². The summed E-state index contributed by atoms with van der Waals surface area (Å²) in [5.41, 5.74) is 4.75. The Bertz CT molecular complexity index is 1230. The predicted octanol–water partition coefficient (Wildman–Crippen LogP) is 3.94. The van der Waals surface area contributed by atoms with Gasteiger partial charge in [-0.25, -0.2) is 0 Å². The van der Waals surface area contributed by atoms with E-state index >= 15 is 0 Å². The minimum absolute atomic E-state index is 0.0962. The van der Waals surface area contributed by atoms with Gasteiger partial charge in [0.2, 0.25) is 0 Å². The maximum absolute atomic E-state index is 13.1. The molecule has 0 saturated carbocycles. The molecular weight excluding hydrogens is 500 g/mol. The van der Waals surface area contributed by atoms with Crippen LogP contribution in [0.4, 0.5) is 11.4 Å². The van der Waals surface area contributed by atoms with E-state index in [-0.39, 0.29) is 25.5 Å². The minimum atomic E-state index is -0.577. The number of nitro groups is 1. The summed E-state index contributed by atoms with van der Waals surface area (Å²) in [5.74, 6) is -1.11. The SMILES string of the molecule is Cc1ccc(C(=O)NN2C(=O)C(=Cc3cc([N+](=O)[O-])ccc3N3CCOCC3)SC2=S)c(Cl)c1. The Morgan fingerprint density at radius 2 is 2.00 bits per heavy atom. The molecule has 0 spiro atoms. The maximum atomic E-state index is 13.1. The zero-order valence-electron chi connectivity index (χ0n) is 17.9. The molecule has 0 aromatic heterocycles. The molecule has 1 N–H and O–H groups in total. The number of anilines is 1. The topological polar surface area (TPSA) is 105 Å². The van der Waals surface area contributed by atoms with Gasteiger partial charge in [-0.15, -0.1) is 0 Å². The number of benzene rings is 2. The van der Waals surface area contributed by atoms with Crippen molar-refractivity contribution >= 4 is 69.2 Å². The van der Waals surface area contributed by atoms with Gasteiger partial charge >= 0.3 is 0 Å². The summed E-state index contributed by atoms with van der Waals surface area (Å²) in [7, 11) is 0. The largest absolute Gasteiger partial charge is 0.378 e. The van der Waals surface area contributed by atoms with Gasteiger partial charge in [0.05, 0.1) is 33.6 Å². The third-order valence-electron chi connectivity index (χ3n) is 5.24. The van der Waals surface area contributed by atoms with Crippen molar-refractivity contribution < 1.29 is 19.2 Å². The van der Waals surface area contributed by atoms with Crippen LogP contribution in [0.15, 0.2) is 41.3 Å². The van der Waals surface area contributed by atoms with Crippen LogP contribution in [0.3, 0.4) is 0 Å². The average molecular weight is 519 g/mol. The molecule has 2 amide bonds. The van der Waals surface area contributed by atoms with Crippen LogP contribution in [0, 0.1) is 17.0 Å². The zero-order valence-corrected chi connectivity index (χ0v) is 20.3. The second-order valence-corrected chi connectivity index (χ2v) is 9.62. The van der Waals surface area contributed by atoms with Gasteiger partial charge in [0.1, 0.15) is 0 Å². The van der Waals surface area contributed by atoms with Crippen molar-refractivity contribution in [3.8, 4) is 0 Å². The second-order valence-electron chi connectivity index (χ2n) is 7.54. The van der Waals surface area contributed by atoms with Gasteiger partial charge in [0.25, 0.3) is 17.5 Å². The minimum Gasteiger partial charge on any atom is -0.378 e. The molecule has 2 saturated heterocycles. The van der Waals surface area contributed by atoms with Gasteiger partial charge in [-0.05, 0) is 49.0 Å². The van der Waals surface area contributed by atoms with Gasteiger partial charge in [-0.2, -0.15) is 5.01 Å². The number of aryl methyl sites for hydroxylation is 1. The fraction of sp³-hybridized carbons (Fsp3) is 0.227. The van der Waals surface area contributed by atoms with Crippen LogP contribution in [0.2, 0.25) is 5.02 Å². The molecule has 0 aliphatic carbocycles. The number of carbonyl (C=O) groups is 2. The Kier molecular flexibility index (Phi) is 7.17. The molecule has 0 unspecified atom stereocenters. The van der Waals surface area contributed by atoms with Crippen molar-refractivity contribution in [2.75, 3.05) is 31.2 Å². The molecule has 4 rings (SSSR count). The van der Waals surface area contributed by atoms with Crippen molar-refractivity contribution in [1.82, 2.24) is 10.4 Å². The number of rotatable bonds is 5. The lowest BCUT2D eigenvalue weighted by molar-refractivity contribution is -0.384. The summed E-state index contributed by atoms with van der Waals surface area (Å²) in [6.07, 6.45) is 1.56. The van der Waals surface area contributed by atoms with Crippen LogP contribution in [0.1, 0.15) is 21.5 Å². The summed E-state index contributed by atoms with van der Waals surface area (Å²) in [6, 6.07) is 9.47. The Labute approximate surface area is 209 Å². The molecular formula is C22H19ClN4O5S2. The van der Waals surface area contributed by atoms with E-state index in [1.54, 1.807) is 30.3 Å². The molecule has 12 heteroatoms. The number of nitrogens with zero attached hydrogens (tertiary/aromatic N) is 3. The van der Waals surface area contributed by atoms with Gasteiger partial charge in [-0.1, -0.05) is 29.4 Å². The van der Waals surface area contributed by atoms with E-state index in [4.69, 9.17) is 28.6 Å². The first kappa shape index (κ1) is 24.1. The van der Waals surface area contributed by atoms with Crippen molar-refractivity contribution in [3.63, 3.8) is 0 Å². The number of nitro benzene ring substituents is 1. The first-order valence-electron chi connectivity index (χ1n) is 10.2. The molecule has 2 aromatic carbocycles. The molecule has 2 fully saturated rings. The number of amides is 2. The number of nitrogens with one attached hydrogen (secondary N) is 1. The predicted molar refractivity (Wildman–Crippen MR) is 135 cm³/mol. The smallest absolute Gasteiger partial charge is 0.285 e. The van der Waals surface area contributed by atoms with Gasteiger partial charge < -0.3 is 9.64 Å². The number of ether oxygens (including phenoxy) is 1. The monoisotopic (exact) mass is 518 g/mol. The molecule has 0 atom stereocenters. The van der Waals surface area contributed by atoms with E-state index < -0.39 is 16.7 Å². The number of hydrogen-bond donors (Lipinski definition) is 1. The normalized spacial score (nSPS) is 17.4. The van der Waals surface area contributed by atoms with E-state index in [2.05, 4.69) is 5.43 Å². The number of carbonyl (C=O) groups excluding carboxylic acids is 2. The van der Waals surface area contributed by atoms with E-state index in [1.165, 1.54) is 12.1 Å². The summed E-state index contributed by atoms with van der Waals surface area (Å²) in [6.45, 7) is 4.15. The zero-order chi connectivity index (χ0) is 24.4. The first-order chi connectivity index (χ1) is 16.2. The molecule has 2 heterocycles. The Morgan fingerprint density at radius 1 is 1.26 bits per heavy atom. The first-order valence-corrected chi connectivity index (χ1v) is 11.8. The summed E-state index contributed by atoms with van der Waals surface area (Å²) in [4.78, 5) is 38.9. The third kappa shape index (κ3) is 5.07. The molecule has 0 bridgehead atoms. The highest BCUT2D eigenvalue weighted by atomic mass is 35.5. The fourth-order valence-electron chi connectivity index (χ4n) is 3.53. The van der Waals surface area contributed by atoms with Gasteiger partial charge in [0.15, 0.2) is 4.32 Å². The quantitative estimate of drug-likeness (QED) is 0.275. The van der Waals surface area contributed by atoms with E-state index in [0.29, 0.717) is 31.9 Å². The third-order valence-corrected chi connectivity index (χ3v) is 6.85. The van der Waals surface area contributed by atoms with Crippen LogP contribution in [0.5, 0.6) is 0 Å². The highest BCUT2D eigenvalue weighted by molar-refractivity contribution is 8.26. The molecule has 176 valence electrons. The summed E-state index contributed by atoms with van der Waals surface area (Å²) >= 11 is 12.5. The van der Waals surface area contributed by atoms with Crippen LogP contribution < -0.4 is 10.3 Å². The van der Waals surface area contributed by atoms with Crippen LogP contribution in [-0.4, -0.2) is 52.4 Å². The number of morpholine rings is 1. The fourth-order valence-corrected chi connectivity index (χ4v) is 5.03. The molecule has 0 radical (unpaired) electrons. The van der Waals surface area contributed by atoms with Crippen LogP contribution in [-0.2, 0) is 9.53 Å². The van der Waals surface area contributed by atoms with E-state index in [0.717, 1.165) is 28.0 Å². The number of hydrogen-bond acceptors (Lipinski definition) is 8. The number of thioether (sulfide) groups is 1. The molecule has 2 aromatic rings. The number of thiocarbonyl (C=S) groups is 1. The highest BCUT2D eigenvalue weighted by Crippen LogP contribution is 2.35. The molecule has 9 nitrogen and oxygen atoms in total. The Morgan fingerprint density at radius 3 is 2.68 bits per heavy atom. The lowest BCUT2D eigenvalue weighted by Gasteiger charge is -2.30. The average Bonchev–Trinajstić information content (AvgIpc) is 3.06. The standard InChI is InChI=1S/C22H19ClN4O5S2/c1-13-2-4-16(17(23)10-13)20(28)24-26-21(29)19(34-22(26)33)12-14-11-15(27(30)31)3-5-18(14)25-6-8-32-9-7-25/h2-5,10-12H,6-9H2,1H3,(H,24,28). The van der Waals surface area contributed by atoms with Crippen molar-refractivity contribution in [1.29, 1.82) is 0 Å². The van der Waals surface area contributed by atoms with Crippen LogP contribution in [0.25, 0.3) is 6.08 Å². The highest BCUT2D eigenvalue weighted by Gasteiger charge is 2.34.